The highest BCUT2D eigenvalue weighted by Gasteiger charge is 2.08. The number of ether oxygens (including phenoxy) is 2. The van der Waals surface area contributed by atoms with E-state index in [9.17, 15) is 14.8 Å². The molecular weight excluding hydrogens is 292 g/mol. The first-order chi connectivity index (χ1) is 10.6. The Morgan fingerprint density at radius 3 is 2.45 bits per heavy atom. The highest BCUT2D eigenvalue weighted by atomic mass is 16.9. The average Bonchev–Trinajstić information content (AvgIpc) is 2.54. The van der Waals surface area contributed by atoms with Crippen LogP contribution in [0.5, 0.6) is 5.75 Å². The predicted molar refractivity (Wildman–Crippen MR) is 77.0 cm³/mol. The van der Waals surface area contributed by atoms with Gasteiger partial charge < -0.3 is 14.7 Å². The summed E-state index contributed by atoms with van der Waals surface area (Å²) in [7, 11) is 0. The van der Waals surface area contributed by atoms with Gasteiger partial charge in [-0.3, -0.25) is 4.84 Å². The molecule has 22 heavy (non-hydrogen) atoms. The molecule has 0 aliphatic carbocycles. The molecule has 0 saturated carbocycles. The first-order valence-corrected chi connectivity index (χ1v) is 6.31. The Morgan fingerprint density at radius 2 is 1.86 bits per heavy atom. The largest absolute Gasteiger partial charge is 0.563 e. The van der Waals surface area contributed by atoms with E-state index in [4.69, 9.17) is 14.3 Å². The molecule has 0 aliphatic rings. The van der Waals surface area contributed by atoms with Gasteiger partial charge in [0.2, 0.25) is 0 Å². The lowest BCUT2D eigenvalue weighted by molar-refractivity contribution is -1.03. The van der Waals surface area contributed by atoms with Gasteiger partial charge in [-0.1, -0.05) is 17.0 Å². The van der Waals surface area contributed by atoms with Crippen LogP contribution in [0, 0.1) is 5.21 Å². The van der Waals surface area contributed by atoms with Crippen LogP contribution in [-0.2, 0) is 14.3 Å². The van der Waals surface area contributed by atoms with Crippen molar-refractivity contribution in [2.45, 2.75) is 6.42 Å². The zero-order valence-electron chi connectivity index (χ0n) is 11.8. The summed E-state index contributed by atoms with van der Waals surface area (Å²) in [6.45, 7) is 6.54. The van der Waals surface area contributed by atoms with Crippen LogP contribution >= 0.6 is 0 Å². The number of carbonyl (C=O) groups excluding carboxylic acids is 2. The molecule has 1 unspecified atom stereocenters. The van der Waals surface area contributed by atoms with Crippen LogP contribution in [0.15, 0.2) is 42.0 Å². The summed E-state index contributed by atoms with van der Waals surface area (Å²) in [5, 5.41) is 13.1. The van der Waals surface area contributed by atoms with Crippen molar-refractivity contribution in [2.75, 3.05) is 13.2 Å². The average molecular weight is 308 g/mol. The smallest absolute Gasteiger partial charge is 0.338 e. The Bertz CT molecular complexity index is 529. The van der Waals surface area contributed by atoms with Crippen LogP contribution < -0.4 is 10.2 Å². The highest BCUT2D eigenvalue weighted by molar-refractivity contribution is 5.89. The Balaban J connectivity index is 2.34. The summed E-state index contributed by atoms with van der Waals surface area (Å²) in [6.07, 6.45) is 1.44. The summed E-state index contributed by atoms with van der Waals surface area (Å²) in [6, 6.07) is 5.77. The van der Waals surface area contributed by atoms with E-state index < -0.39 is 17.3 Å². The van der Waals surface area contributed by atoms with Gasteiger partial charge in [-0.15, -0.1) is 0 Å². The maximum absolute atomic E-state index is 11.7. The Hall–Kier alpha value is -2.71. The Kier molecular flexibility index (Phi) is 7.31. The monoisotopic (exact) mass is 308 g/mol. The van der Waals surface area contributed by atoms with Crippen molar-refractivity contribution >= 4 is 18.7 Å². The molecule has 8 nitrogen and oxygen atoms in total. The third-order valence-electron chi connectivity index (χ3n) is 2.36. The minimum atomic E-state index is -0.829. The van der Waals surface area contributed by atoms with Crippen LogP contribution in [0.1, 0.15) is 16.8 Å². The molecule has 1 aromatic rings. The number of carbonyl (C=O) groups is 2. The van der Waals surface area contributed by atoms with Crippen LogP contribution in [0.3, 0.4) is 0 Å². The van der Waals surface area contributed by atoms with E-state index >= 15 is 0 Å². The second kappa shape index (κ2) is 9.27. The fraction of sp³-hybridized carbons (Fsp3) is 0.214. The summed E-state index contributed by atoms with van der Waals surface area (Å²) < 4.78 is 9.72. The van der Waals surface area contributed by atoms with E-state index in [0.717, 1.165) is 6.08 Å². The Labute approximate surface area is 127 Å². The molecule has 8 heteroatoms. The lowest BCUT2D eigenvalue weighted by Crippen LogP contribution is -3.04. The van der Waals surface area contributed by atoms with Gasteiger partial charge in [-0.2, -0.15) is 0 Å². The molecule has 0 fully saturated rings. The lowest BCUT2D eigenvalue weighted by atomic mass is 10.2. The fourth-order valence-electron chi connectivity index (χ4n) is 1.33. The minimum absolute atomic E-state index is 0.111. The molecular formula is C14H16N2O6. The highest BCUT2D eigenvalue weighted by Crippen LogP contribution is 2.11. The maximum Gasteiger partial charge on any atom is 0.338 e. The normalized spacial score (nSPS) is 11.1. The van der Waals surface area contributed by atoms with E-state index in [1.54, 1.807) is 0 Å². The van der Waals surface area contributed by atoms with Gasteiger partial charge in [0.15, 0.2) is 5.75 Å². The van der Waals surface area contributed by atoms with Crippen LogP contribution in [0.2, 0.25) is 0 Å². The predicted octanol–water partition coefficient (Wildman–Crippen LogP) is 0.255. The molecule has 0 spiro atoms. The molecule has 0 amide bonds. The van der Waals surface area contributed by atoms with Crippen LogP contribution in [0.4, 0.5) is 0 Å². The number of hydrogen-bond acceptors (Lipinski definition) is 7. The summed E-state index contributed by atoms with van der Waals surface area (Å²) in [5.41, 5.74) is 0.300. The van der Waals surface area contributed by atoms with Gasteiger partial charge in [0.25, 0.3) is 0 Å². The van der Waals surface area contributed by atoms with E-state index in [2.05, 4.69) is 18.4 Å². The van der Waals surface area contributed by atoms with Gasteiger partial charge in [-0.25, -0.2) is 9.59 Å². The molecule has 0 heterocycles. The second-order valence-electron chi connectivity index (χ2n) is 3.91. The topological polar surface area (TPSA) is 102 Å². The van der Waals surface area contributed by atoms with Gasteiger partial charge in [0.05, 0.1) is 25.5 Å². The van der Waals surface area contributed by atoms with Crippen molar-refractivity contribution in [3.63, 3.8) is 0 Å². The van der Waals surface area contributed by atoms with Gasteiger partial charge in [-0.05, 0) is 24.3 Å². The number of benzene rings is 1. The van der Waals surface area contributed by atoms with Crippen LogP contribution in [0.25, 0.3) is 0 Å². The second-order valence-corrected chi connectivity index (χ2v) is 3.91. The number of esters is 2. The van der Waals surface area contributed by atoms with E-state index in [0.29, 0.717) is 12.0 Å². The zero-order valence-corrected chi connectivity index (χ0v) is 11.8. The van der Waals surface area contributed by atoms with Crippen molar-refractivity contribution < 1.29 is 29.2 Å². The standard InChI is InChI=1S/C14H16N2O6/c1-3-13(17)20-9-4-10-21-14(18)11-5-7-12(8-6-11)22-16(19)15-2/h3,5-8,16H,1-2,4,9-10H2. The zero-order chi connectivity index (χ0) is 16.4. The molecule has 0 radical (unpaired) electrons. The Morgan fingerprint density at radius 1 is 1.23 bits per heavy atom. The van der Waals surface area contributed by atoms with Gasteiger partial charge in [0, 0.05) is 12.5 Å². The molecule has 1 aromatic carbocycles. The number of nitrogens with one attached hydrogen (secondary N) is 1. The molecule has 1 N–H and O–H groups in total. The van der Waals surface area contributed by atoms with Crippen molar-refractivity contribution in [3.8, 4) is 5.75 Å². The molecule has 0 aliphatic heterocycles. The quantitative estimate of drug-likeness (QED) is 0.231. The van der Waals surface area contributed by atoms with Crippen molar-refractivity contribution in [2.24, 2.45) is 5.10 Å². The molecule has 118 valence electrons. The van der Waals surface area contributed by atoms with E-state index in [-0.39, 0.29) is 19.0 Å². The number of quaternary nitrogens is 1. The lowest BCUT2D eigenvalue weighted by Gasteiger charge is -2.12. The summed E-state index contributed by atoms with van der Waals surface area (Å²) in [5.74, 6) is -0.814. The molecule has 1 atom stereocenters. The fourth-order valence-corrected chi connectivity index (χ4v) is 1.33. The van der Waals surface area contributed by atoms with E-state index in [1.165, 1.54) is 24.3 Å². The third kappa shape index (κ3) is 6.16. The number of nitrogens with zero attached hydrogens (tertiary/aromatic N) is 1. The first-order valence-electron chi connectivity index (χ1n) is 6.31. The molecule has 1 rings (SSSR count). The van der Waals surface area contributed by atoms with Crippen molar-refractivity contribution in [3.05, 3.63) is 47.7 Å². The van der Waals surface area contributed by atoms with E-state index in [1.807, 2.05) is 0 Å². The third-order valence-corrected chi connectivity index (χ3v) is 2.36. The van der Waals surface area contributed by atoms with Crippen molar-refractivity contribution in [1.82, 2.24) is 0 Å². The number of rotatable bonds is 9. The van der Waals surface area contributed by atoms with Crippen LogP contribution in [-0.4, -0.2) is 31.9 Å². The number of hydrogen-bond donors (Lipinski definition) is 1. The molecule has 0 bridgehead atoms. The van der Waals surface area contributed by atoms with Gasteiger partial charge in [0.1, 0.15) is 0 Å². The first kappa shape index (κ1) is 17.3. The molecule has 0 aromatic heterocycles. The minimum Gasteiger partial charge on any atom is -0.563 e. The van der Waals surface area contributed by atoms with Gasteiger partial charge >= 0.3 is 11.9 Å². The SMILES string of the molecule is C=CC(=O)OCCCOC(=O)c1ccc(O[NH+]([O-])N=C)cc1. The van der Waals surface area contributed by atoms with Crippen molar-refractivity contribution in [1.29, 1.82) is 0 Å². The molecule has 0 saturated heterocycles. The summed E-state index contributed by atoms with van der Waals surface area (Å²) in [4.78, 5) is 27.2. The summed E-state index contributed by atoms with van der Waals surface area (Å²) >= 11 is 0. The maximum atomic E-state index is 11.7.